The van der Waals surface area contributed by atoms with E-state index in [1.165, 1.54) is 19.3 Å². The number of carbonyl (C=O) groups is 1. The molecular weight excluding hydrogens is 212 g/mol. The first kappa shape index (κ1) is 12.0. The Bertz CT molecular complexity index is 409. The van der Waals surface area contributed by atoms with Crippen LogP contribution in [0.4, 0.5) is 5.69 Å². The standard InChI is InChI=1S/C14H20N2O/c1-10-7-8-11(15)9-13(10)14(17)16-12-5-3-2-4-6-12/h7-9,12H,2-6,15H2,1H3,(H,16,17). The van der Waals surface area contributed by atoms with Crippen LogP contribution >= 0.6 is 0 Å². The summed E-state index contributed by atoms with van der Waals surface area (Å²) in [5.41, 5.74) is 8.04. The number of hydrogen-bond acceptors (Lipinski definition) is 2. The van der Waals surface area contributed by atoms with Crippen LogP contribution in [-0.4, -0.2) is 11.9 Å². The molecule has 1 fully saturated rings. The maximum Gasteiger partial charge on any atom is 0.251 e. The molecule has 1 aliphatic carbocycles. The van der Waals surface area contributed by atoms with E-state index in [2.05, 4.69) is 5.32 Å². The Morgan fingerprint density at radius 3 is 2.71 bits per heavy atom. The zero-order valence-corrected chi connectivity index (χ0v) is 10.3. The van der Waals surface area contributed by atoms with Crippen LogP contribution in [0.1, 0.15) is 48.0 Å². The Morgan fingerprint density at radius 2 is 2.00 bits per heavy atom. The maximum atomic E-state index is 12.1. The van der Waals surface area contributed by atoms with Gasteiger partial charge in [-0.3, -0.25) is 4.79 Å². The highest BCUT2D eigenvalue weighted by Crippen LogP contribution is 2.19. The van der Waals surface area contributed by atoms with Crippen molar-refractivity contribution < 1.29 is 4.79 Å². The molecule has 0 radical (unpaired) electrons. The van der Waals surface area contributed by atoms with Crippen molar-refractivity contribution in [1.29, 1.82) is 0 Å². The second-order valence-corrected chi connectivity index (χ2v) is 4.88. The van der Waals surface area contributed by atoms with Crippen LogP contribution in [0.15, 0.2) is 18.2 Å². The fraction of sp³-hybridized carbons (Fsp3) is 0.500. The minimum atomic E-state index is 0.0155. The highest BCUT2D eigenvalue weighted by Gasteiger charge is 2.17. The molecule has 1 aromatic carbocycles. The fourth-order valence-electron chi connectivity index (χ4n) is 2.39. The molecule has 17 heavy (non-hydrogen) atoms. The van der Waals surface area contributed by atoms with Crippen molar-refractivity contribution in [3.05, 3.63) is 29.3 Å². The lowest BCUT2D eigenvalue weighted by Gasteiger charge is -2.23. The predicted molar refractivity (Wildman–Crippen MR) is 69.9 cm³/mol. The van der Waals surface area contributed by atoms with Crippen molar-refractivity contribution in [3.63, 3.8) is 0 Å². The lowest BCUT2D eigenvalue weighted by atomic mass is 9.95. The van der Waals surface area contributed by atoms with Gasteiger partial charge in [0.2, 0.25) is 0 Å². The molecule has 3 heteroatoms. The van der Waals surface area contributed by atoms with Gasteiger partial charge in [0, 0.05) is 17.3 Å². The van der Waals surface area contributed by atoms with E-state index < -0.39 is 0 Å². The number of nitrogens with one attached hydrogen (secondary N) is 1. The van der Waals surface area contributed by atoms with E-state index in [-0.39, 0.29) is 5.91 Å². The molecule has 0 bridgehead atoms. The number of amides is 1. The Balaban J connectivity index is 2.05. The highest BCUT2D eigenvalue weighted by atomic mass is 16.1. The topological polar surface area (TPSA) is 55.1 Å². The predicted octanol–water partition coefficient (Wildman–Crippen LogP) is 2.64. The normalized spacial score (nSPS) is 16.8. The molecule has 0 heterocycles. The fourth-order valence-corrected chi connectivity index (χ4v) is 2.39. The molecule has 1 aromatic rings. The zero-order valence-electron chi connectivity index (χ0n) is 10.3. The van der Waals surface area contributed by atoms with Gasteiger partial charge in [0.05, 0.1) is 0 Å². The Morgan fingerprint density at radius 1 is 1.29 bits per heavy atom. The van der Waals surface area contributed by atoms with E-state index in [9.17, 15) is 4.79 Å². The number of benzene rings is 1. The Labute approximate surface area is 102 Å². The summed E-state index contributed by atoms with van der Waals surface area (Å²) in [6, 6.07) is 5.82. The van der Waals surface area contributed by atoms with Gasteiger partial charge in [-0.05, 0) is 37.5 Å². The van der Waals surface area contributed by atoms with Gasteiger partial charge in [-0.25, -0.2) is 0 Å². The van der Waals surface area contributed by atoms with Crippen molar-refractivity contribution in [3.8, 4) is 0 Å². The van der Waals surface area contributed by atoms with Crippen LogP contribution < -0.4 is 11.1 Å². The summed E-state index contributed by atoms with van der Waals surface area (Å²) in [4.78, 5) is 12.1. The van der Waals surface area contributed by atoms with Crippen molar-refractivity contribution in [2.24, 2.45) is 0 Å². The monoisotopic (exact) mass is 232 g/mol. The Hall–Kier alpha value is -1.51. The van der Waals surface area contributed by atoms with Crippen LogP contribution in [0.5, 0.6) is 0 Å². The summed E-state index contributed by atoms with van der Waals surface area (Å²) in [7, 11) is 0. The maximum absolute atomic E-state index is 12.1. The smallest absolute Gasteiger partial charge is 0.251 e. The molecule has 1 aliphatic rings. The number of aryl methyl sites for hydroxylation is 1. The van der Waals surface area contributed by atoms with Crippen molar-refractivity contribution in [2.45, 2.75) is 45.1 Å². The minimum Gasteiger partial charge on any atom is -0.399 e. The molecule has 0 spiro atoms. The first-order valence-corrected chi connectivity index (χ1v) is 6.34. The minimum absolute atomic E-state index is 0.0155. The van der Waals surface area contributed by atoms with Gasteiger partial charge in [-0.1, -0.05) is 25.3 Å². The highest BCUT2D eigenvalue weighted by molar-refractivity contribution is 5.96. The molecule has 0 atom stereocenters. The number of carbonyl (C=O) groups excluding carboxylic acids is 1. The molecule has 1 saturated carbocycles. The van der Waals surface area contributed by atoms with Gasteiger partial charge in [-0.2, -0.15) is 0 Å². The first-order valence-electron chi connectivity index (χ1n) is 6.34. The van der Waals surface area contributed by atoms with Crippen LogP contribution in [0, 0.1) is 6.92 Å². The molecular formula is C14H20N2O. The van der Waals surface area contributed by atoms with E-state index in [1.807, 2.05) is 19.1 Å². The summed E-state index contributed by atoms with van der Waals surface area (Å²) in [5, 5.41) is 3.11. The third kappa shape index (κ3) is 2.99. The van der Waals surface area contributed by atoms with Gasteiger partial charge < -0.3 is 11.1 Å². The number of anilines is 1. The van der Waals surface area contributed by atoms with E-state index >= 15 is 0 Å². The molecule has 0 aliphatic heterocycles. The van der Waals surface area contributed by atoms with Gasteiger partial charge in [0.1, 0.15) is 0 Å². The molecule has 0 unspecified atom stereocenters. The lowest BCUT2D eigenvalue weighted by molar-refractivity contribution is 0.0927. The largest absolute Gasteiger partial charge is 0.399 e. The van der Waals surface area contributed by atoms with Gasteiger partial charge in [0.25, 0.3) is 5.91 Å². The van der Waals surface area contributed by atoms with E-state index in [0.717, 1.165) is 18.4 Å². The second kappa shape index (κ2) is 5.21. The van der Waals surface area contributed by atoms with Crippen LogP contribution in [-0.2, 0) is 0 Å². The summed E-state index contributed by atoms with van der Waals surface area (Å²) < 4.78 is 0. The number of nitrogens with two attached hydrogens (primary N) is 1. The van der Waals surface area contributed by atoms with Gasteiger partial charge in [0.15, 0.2) is 0 Å². The molecule has 1 amide bonds. The number of nitrogen functional groups attached to an aromatic ring is 1. The SMILES string of the molecule is Cc1ccc(N)cc1C(=O)NC1CCCCC1. The average Bonchev–Trinajstić information content (AvgIpc) is 2.33. The average molecular weight is 232 g/mol. The van der Waals surface area contributed by atoms with Crippen molar-refractivity contribution in [1.82, 2.24) is 5.32 Å². The van der Waals surface area contributed by atoms with Gasteiger partial charge in [-0.15, -0.1) is 0 Å². The summed E-state index contributed by atoms with van der Waals surface area (Å²) in [6.45, 7) is 1.94. The summed E-state index contributed by atoms with van der Waals surface area (Å²) in [6.07, 6.45) is 5.95. The van der Waals surface area contributed by atoms with E-state index in [4.69, 9.17) is 5.73 Å². The van der Waals surface area contributed by atoms with Crippen molar-refractivity contribution in [2.75, 3.05) is 5.73 Å². The van der Waals surface area contributed by atoms with Gasteiger partial charge >= 0.3 is 0 Å². The third-order valence-corrected chi connectivity index (χ3v) is 3.45. The van der Waals surface area contributed by atoms with Crippen LogP contribution in [0.3, 0.4) is 0 Å². The Kier molecular flexibility index (Phi) is 3.67. The third-order valence-electron chi connectivity index (χ3n) is 3.45. The molecule has 3 N–H and O–H groups in total. The zero-order chi connectivity index (χ0) is 12.3. The van der Waals surface area contributed by atoms with Crippen LogP contribution in [0.25, 0.3) is 0 Å². The molecule has 0 saturated heterocycles. The first-order chi connectivity index (χ1) is 8.16. The number of hydrogen-bond donors (Lipinski definition) is 2. The summed E-state index contributed by atoms with van der Waals surface area (Å²) in [5.74, 6) is 0.0155. The summed E-state index contributed by atoms with van der Waals surface area (Å²) >= 11 is 0. The second-order valence-electron chi connectivity index (χ2n) is 4.88. The molecule has 2 rings (SSSR count). The lowest BCUT2D eigenvalue weighted by Crippen LogP contribution is -2.36. The van der Waals surface area contributed by atoms with Crippen molar-refractivity contribution >= 4 is 11.6 Å². The van der Waals surface area contributed by atoms with Crippen LogP contribution in [0.2, 0.25) is 0 Å². The molecule has 3 nitrogen and oxygen atoms in total. The molecule has 0 aromatic heterocycles. The van der Waals surface area contributed by atoms with E-state index in [1.54, 1.807) is 6.07 Å². The number of rotatable bonds is 2. The quantitative estimate of drug-likeness (QED) is 0.770. The molecule has 92 valence electrons. The van der Waals surface area contributed by atoms with E-state index in [0.29, 0.717) is 17.3 Å².